The lowest BCUT2D eigenvalue weighted by Crippen LogP contribution is -2.38. The fourth-order valence-electron chi connectivity index (χ4n) is 2.03. The number of urea groups is 1. The van der Waals surface area contributed by atoms with Crippen LogP contribution in [0.25, 0.3) is 0 Å². The molecule has 1 aliphatic rings. The zero-order valence-electron chi connectivity index (χ0n) is 12.9. The minimum absolute atomic E-state index is 0.000253. The van der Waals surface area contributed by atoms with Crippen LogP contribution in [0.3, 0.4) is 0 Å². The topological polar surface area (TPSA) is 105 Å². The fraction of sp³-hybridized carbons (Fsp3) is 0.429. The molecule has 0 radical (unpaired) electrons. The second-order valence-corrected chi connectivity index (χ2v) is 7.01. The second kappa shape index (κ2) is 6.97. The number of carbonyl (C=O) groups is 2. The molecule has 2 N–H and O–H groups in total. The van der Waals surface area contributed by atoms with Gasteiger partial charge in [-0.25, -0.2) is 17.9 Å². The van der Waals surface area contributed by atoms with Crippen molar-refractivity contribution in [3.8, 4) is 5.75 Å². The highest BCUT2D eigenvalue weighted by molar-refractivity contribution is 7.89. The summed E-state index contributed by atoms with van der Waals surface area (Å²) in [6, 6.07) is 5.52. The first-order valence-corrected chi connectivity index (χ1v) is 8.62. The molecule has 1 aliphatic heterocycles. The summed E-state index contributed by atoms with van der Waals surface area (Å²) in [4.78, 5) is 23.8. The van der Waals surface area contributed by atoms with E-state index in [1.807, 2.05) is 13.8 Å². The van der Waals surface area contributed by atoms with Crippen LogP contribution in [-0.2, 0) is 14.8 Å². The van der Waals surface area contributed by atoms with Crippen LogP contribution in [0, 0.1) is 0 Å². The minimum atomic E-state index is -3.71. The van der Waals surface area contributed by atoms with Crippen LogP contribution in [0.5, 0.6) is 5.75 Å². The van der Waals surface area contributed by atoms with E-state index in [0.29, 0.717) is 5.75 Å². The number of sulfonamides is 1. The molecule has 1 saturated heterocycles. The summed E-state index contributed by atoms with van der Waals surface area (Å²) in [5.41, 5.74) is 0. The molecule has 0 spiro atoms. The van der Waals surface area contributed by atoms with E-state index in [0.717, 1.165) is 4.90 Å². The Morgan fingerprint density at radius 2 is 1.91 bits per heavy atom. The maximum Gasteiger partial charge on any atom is 0.324 e. The van der Waals surface area contributed by atoms with Gasteiger partial charge in [0.15, 0.2) is 0 Å². The van der Waals surface area contributed by atoms with Crippen molar-refractivity contribution in [1.82, 2.24) is 14.9 Å². The van der Waals surface area contributed by atoms with E-state index >= 15 is 0 Å². The fourth-order valence-corrected chi connectivity index (χ4v) is 3.05. The first kappa shape index (κ1) is 17.2. The van der Waals surface area contributed by atoms with E-state index in [-0.39, 0.29) is 36.5 Å². The van der Waals surface area contributed by atoms with Gasteiger partial charge in [-0.05, 0) is 38.1 Å². The maximum absolute atomic E-state index is 12.1. The zero-order chi connectivity index (χ0) is 17.0. The smallest absolute Gasteiger partial charge is 0.324 e. The van der Waals surface area contributed by atoms with Crippen LogP contribution < -0.4 is 14.8 Å². The summed E-state index contributed by atoms with van der Waals surface area (Å²) in [6.45, 7) is 3.64. The zero-order valence-corrected chi connectivity index (χ0v) is 13.7. The largest absolute Gasteiger partial charge is 0.491 e. The number of hydrogen-bond donors (Lipinski definition) is 2. The van der Waals surface area contributed by atoms with E-state index in [1.54, 1.807) is 12.1 Å². The van der Waals surface area contributed by atoms with Gasteiger partial charge in [0.25, 0.3) is 0 Å². The van der Waals surface area contributed by atoms with E-state index in [1.165, 1.54) is 12.1 Å². The van der Waals surface area contributed by atoms with E-state index in [9.17, 15) is 18.0 Å². The van der Waals surface area contributed by atoms with E-state index in [4.69, 9.17) is 4.74 Å². The number of nitrogens with one attached hydrogen (secondary N) is 2. The van der Waals surface area contributed by atoms with Gasteiger partial charge >= 0.3 is 6.03 Å². The van der Waals surface area contributed by atoms with Crippen molar-refractivity contribution >= 4 is 22.0 Å². The third-order valence-corrected chi connectivity index (χ3v) is 4.55. The molecule has 8 nitrogen and oxygen atoms in total. The molecule has 1 aromatic carbocycles. The van der Waals surface area contributed by atoms with Crippen molar-refractivity contribution in [2.45, 2.75) is 24.8 Å². The molecular formula is C14H19N3O5S. The van der Waals surface area contributed by atoms with E-state index < -0.39 is 16.1 Å². The molecule has 1 aromatic rings. The SMILES string of the molecule is CC(C)Oc1ccc(S(=O)(=O)NCCN2C(=O)CNC2=O)cc1. The summed E-state index contributed by atoms with van der Waals surface area (Å²) in [7, 11) is -3.71. The number of ether oxygens (including phenoxy) is 1. The van der Waals surface area contributed by atoms with Crippen molar-refractivity contribution in [3.63, 3.8) is 0 Å². The van der Waals surface area contributed by atoms with Gasteiger partial charge in [0.1, 0.15) is 5.75 Å². The average Bonchev–Trinajstić information content (AvgIpc) is 2.79. The van der Waals surface area contributed by atoms with Crippen LogP contribution in [0.1, 0.15) is 13.8 Å². The Morgan fingerprint density at radius 1 is 1.26 bits per heavy atom. The molecule has 0 bridgehead atoms. The van der Waals surface area contributed by atoms with Crippen LogP contribution in [-0.4, -0.2) is 51.0 Å². The third kappa shape index (κ3) is 4.42. The molecular weight excluding hydrogens is 322 g/mol. The molecule has 0 unspecified atom stereocenters. The van der Waals surface area contributed by atoms with Crippen molar-refractivity contribution in [1.29, 1.82) is 0 Å². The molecule has 0 aromatic heterocycles. The van der Waals surface area contributed by atoms with Crippen LogP contribution >= 0.6 is 0 Å². The number of nitrogens with zero attached hydrogens (tertiary/aromatic N) is 1. The monoisotopic (exact) mass is 341 g/mol. The summed E-state index contributed by atoms with van der Waals surface area (Å²) in [5.74, 6) is 0.211. The number of benzene rings is 1. The number of rotatable bonds is 7. The summed E-state index contributed by atoms with van der Waals surface area (Å²) < 4.78 is 32.1. The summed E-state index contributed by atoms with van der Waals surface area (Å²) in [6.07, 6.45) is -0.000253. The average molecular weight is 341 g/mol. The standard InChI is InChI=1S/C14H19N3O5S/c1-10(2)22-11-3-5-12(6-4-11)23(20,21)16-7-8-17-13(18)9-15-14(17)19/h3-6,10,16H,7-9H2,1-2H3,(H,15,19). The number of hydrogen-bond acceptors (Lipinski definition) is 5. The predicted octanol–water partition coefficient (Wildman–Crippen LogP) is 0.304. The van der Waals surface area contributed by atoms with Gasteiger partial charge in [0.05, 0.1) is 17.5 Å². The predicted molar refractivity (Wildman–Crippen MR) is 82.5 cm³/mol. The van der Waals surface area contributed by atoms with Gasteiger partial charge < -0.3 is 10.1 Å². The Balaban J connectivity index is 1.93. The molecule has 23 heavy (non-hydrogen) atoms. The lowest BCUT2D eigenvalue weighted by Gasteiger charge is -2.13. The summed E-state index contributed by atoms with van der Waals surface area (Å²) >= 11 is 0. The van der Waals surface area contributed by atoms with Crippen LogP contribution in [0.15, 0.2) is 29.2 Å². The van der Waals surface area contributed by atoms with Gasteiger partial charge in [0, 0.05) is 13.1 Å². The molecule has 1 heterocycles. The second-order valence-electron chi connectivity index (χ2n) is 5.24. The lowest BCUT2D eigenvalue weighted by atomic mass is 10.3. The number of carbonyl (C=O) groups excluding carboxylic acids is 2. The molecule has 9 heteroatoms. The van der Waals surface area contributed by atoms with Crippen LogP contribution in [0.2, 0.25) is 0 Å². The van der Waals surface area contributed by atoms with Crippen molar-refractivity contribution in [3.05, 3.63) is 24.3 Å². The molecule has 1 fully saturated rings. The van der Waals surface area contributed by atoms with Crippen molar-refractivity contribution in [2.24, 2.45) is 0 Å². The minimum Gasteiger partial charge on any atom is -0.491 e. The molecule has 0 aliphatic carbocycles. The quantitative estimate of drug-likeness (QED) is 0.694. The van der Waals surface area contributed by atoms with E-state index in [2.05, 4.69) is 10.0 Å². The maximum atomic E-state index is 12.1. The Labute approximate surface area is 134 Å². The summed E-state index contributed by atoms with van der Waals surface area (Å²) in [5, 5.41) is 2.37. The normalized spacial score (nSPS) is 15.2. The van der Waals surface area contributed by atoms with Crippen LogP contribution in [0.4, 0.5) is 4.79 Å². The highest BCUT2D eigenvalue weighted by Gasteiger charge is 2.28. The first-order chi connectivity index (χ1) is 10.8. The molecule has 0 saturated carbocycles. The van der Waals surface area contributed by atoms with Gasteiger partial charge in [-0.3, -0.25) is 9.69 Å². The van der Waals surface area contributed by atoms with Crippen molar-refractivity contribution < 1.29 is 22.7 Å². The first-order valence-electron chi connectivity index (χ1n) is 7.14. The van der Waals surface area contributed by atoms with Gasteiger partial charge in [-0.1, -0.05) is 0 Å². The Morgan fingerprint density at radius 3 is 2.43 bits per heavy atom. The molecule has 126 valence electrons. The highest BCUT2D eigenvalue weighted by Crippen LogP contribution is 2.16. The molecule has 2 rings (SSSR count). The van der Waals surface area contributed by atoms with Gasteiger partial charge in [-0.15, -0.1) is 0 Å². The Bertz CT molecular complexity index is 669. The highest BCUT2D eigenvalue weighted by atomic mass is 32.2. The van der Waals surface area contributed by atoms with Gasteiger partial charge in [0.2, 0.25) is 15.9 Å². The van der Waals surface area contributed by atoms with Gasteiger partial charge in [-0.2, -0.15) is 0 Å². The number of imide groups is 1. The lowest BCUT2D eigenvalue weighted by molar-refractivity contribution is -0.124. The Hall–Kier alpha value is -2.13. The molecule has 3 amide bonds. The molecule has 0 atom stereocenters. The third-order valence-electron chi connectivity index (χ3n) is 3.07. The van der Waals surface area contributed by atoms with Crippen molar-refractivity contribution in [2.75, 3.05) is 19.6 Å². The number of amides is 3. The Kier molecular flexibility index (Phi) is 5.22.